The first-order chi connectivity index (χ1) is 16.1. The summed E-state index contributed by atoms with van der Waals surface area (Å²) in [6, 6.07) is 13.8. The number of carbonyl (C=O) groups is 1. The highest BCUT2D eigenvalue weighted by Crippen LogP contribution is 2.31. The van der Waals surface area contributed by atoms with Gasteiger partial charge in [-0.15, -0.1) is 0 Å². The molecule has 1 saturated carbocycles. The zero-order chi connectivity index (χ0) is 24.5. The molecule has 180 valence electrons. The second-order valence-electron chi connectivity index (χ2n) is 9.10. The minimum absolute atomic E-state index is 0.0159. The van der Waals surface area contributed by atoms with E-state index in [0.29, 0.717) is 33.4 Å². The summed E-state index contributed by atoms with van der Waals surface area (Å²) < 4.78 is 28.4. The molecule has 0 aliphatic heterocycles. The summed E-state index contributed by atoms with van der Waals surface area (Å²) >= 11 is 12.1. The van der Waals surface area contributed by atoms with Crippen molar-refractivity contribution in [2.24, 2.45) is 5.92 Å². The summed E-state index contributed by atoms with van der Waals surface area (Å²) in [5.41, 5.74) is 1.81. The molecule has 1 aliphatic rings. The fraction of sp³-hybridized carbons (Fsp3) is 0.360. The lowest BCUT2D eigenvalue weighted by atomic mass is 10.2. The Morgan fingerprint density at radius 1 is 1.12 bits per heavy atom. The van der Waals surface area contributed by atoms with Crippen molar-refractivity contribution in [2.45, 2.75) is 56.7 Å². The molecule has 0 spiro atoms. The molecule has 9 heteroatoms. The highest BCUT2D eigenvalue weighted by Gasteiger charge is 2.35. The van der Waals surface area contributed by atoms with E-state index in [0.717, 1.165) is 12.8 Å². The van der Waals surface area contributed by atoms with Gasteiger partial charge in [0.05, 0.1) is 24.2 Å². The molecule has 1 fully saturated rings. The Morgan fingerprint density at radius 2 is 1.79 bits per heavy atom. The molecular weight excluding hydrogens is 493 g/mol. The van der Waals surface area contributed by atoms with Crippen molar-refractivity contribution in [3.05, 3.63) is 81.6 Å². The van der Waals surface area contributed by atoms with Gasteiger partial charge in [0.1, 0.15) is 0 Å². The minimum Gasteiger partial charge on any atom is -0.330 e. The Balaban J connectivity index is 1.66. The van der Waals surface area contributed by atoms with Crippen LogP contribution in [-0.2, 0) is 28.7 Å². The van der Waals surface area contributed by atoms with Crippen LogP contribution in [0, 0.1) is 5.92 Å². The van der Waals surface area contributed by atoms with Crippen molar-refractivity contribution in [1.29, 1.82) is 0 Å². The topological polar surface area (TPSA) is 72.3 Å². The average molecular weight is 520 g/mol. The van der Waals surface area contributed by atoms with E-state index in [1.165, 1.54) is 0 Å². The van der Waals surface area contributed by atoms with Gasteiger partial charge in [-0.3, -0.25) is 4.79 Å². The third-order valence-corrected chi connectivity index (χ3v) is 7.69. The fourth-order valence-corrected chi connectivity index (χ4v) is 5.84. The molecule has 0 atom stereocenters. The van der Waals surface area contributed by atoms with Crippen LogP contribution >= 0.6 is 23.2 Å². The predicted octanol–water partition coefficient (Wildman–Crippen LogP) is 5.62. The van der Waals surface area contributed by atoms with Gasteiger partial charge in [-0.05, 0) is 54.7 Å². The van der Waals surface area contributed by atoms with Gasteiger partial charge in [0.2, 0.25) is 15.0 Å². The monoisotopic (exact) mass is 519 g/mol. The van der Waals surface area contributed by atoms with Crippen LogP contribution < -0.4 is 0 Å². The van der Waals surface area contributed by atoms with Crippen molar-refractivity contribution in [1.82, 2.24) is 14.5 Å². The highest BCUT2D eigenvalue weighted by atomic mass is 35.5. The van der Waals surface area contributed by atoms with Gasteiger partial charge in [-0.2, -0.15) is 0 Å². The van der Waals surface area contributed by atoms with Gasteiger partial charge in [0, 0.05) is 28.2 Å². The highest BCUT2D eigenvalue weighted by molar-refractivity contribution is 7.90. The molecule has 0 N–H and O–H groups in total. The van der Waals surface area contributed by atoms with Crippen LogP contribution in [0.25, 0.3) is 0 Å². The second-order valence-corrected chi connectivity index (χ2v) is 11.9. The number of nitrogens with zero attached hydrogens (tertiary/aromatic N) is 3. The van der Waals surface area contributed by atoms with Crippen LogP contribution in [0.3, 0.4) is 0 Å². The summed E-state index contributed by atoms with van der Waals surface area (Å²) in [6.07, 6.45) is 3.42. The Morgan fingerprint density at radius 3 is 2.41 bits per heavy atom. The van der Waals surface area contributed by atoms with Crippen molar-refractivity contribution in [3.8, 4) is 0 Å². The number of halogens is 2. The average Bonchev–Trinajstić information content (AvgIpc) is 3.52. The molecule has 6 nitrogen and oxygen atoms in total. The number of aromatic nitrogens is 2. The summed E-state index contributed by atoms with van der Waals surface area (Å²) in [5, 5.41) is 1.00. The quantitative estimate of drug-likeness (QED) is 0.367. The maximum Gasteiger partial charge on any atom is 0.254 e. The maximum absolute atomic E-state index is 13.3. The lowest BCUT2D eigenvalue weighted by molar-refractivity contribution is 0.0725. The van der Waals surface area contributed by atoms with E-state index in [1.54, 1.807) is 64.2 Å². The number of hydrogen-bond donors (Lipinski definition) is 0. The first-order valence-corrected chi connectivity index (χ1v) is 13.6. The molecule has 0 radical (unpaired) electrons. The van der Waals surface area contributed by atoms with E-state index in [1.807, 2.05) is 13.8 Å². The van der Waals surface area contributed by atoms with Crippen LogP contribution in [0.4, 0.5) is 0 Å². The molecule has 2 aromatic carbocycles. The molecule has 4 rings (SSSR count). The second kappa shape index (κ2) is 10.1. The number of imidazole rings is 1. The third-order valence-electron chi connectivity index (χ3n) is 5.63. The van der Waals surface area contributed by atoms with Crippen LogP contribution in [0.15, 0.2) is 59.9 Å². The molecule has 0 unspecified atom stereocenters. The third kappa shape index (κ3) is 5.82. The van der Waals surface area contributed by atoms with Crippen LogP contribution in [0.5, 0.6) is 0 Å². The number of sulfone groups is 1. The van der Waals surface area contributed by atoms with Gasteiger partial charge < -0.3 is 9.47 Å². The lowest BCUT2D eigenvalue weighted by Crippen LogP contribution is -2.33. The minimum atomic E-state index is -3.73. The molecular formula is C25H27Cl2N3O3S. The van der Waals surface area contributed by atoms with E-state index in [9.17, 15) is 13.2 Å². The molecule has 0 saturated heterocycles. The fourth-order valence-electron chi connectivity index (χ4n) is 3.95. The smallest absolute Gasteiger partial charge is 0.254 e. The molecule has 1 aliphatic carbocycles. The van der Waals surface area contributed by atoms with Gasteiger partial charge in [-0.25, -0.2) is 13.4 Å². The zero-order valence-corrected chi connectivity index (χ0v) is 21.4. The summed E-state index contributed by atoms with van der Waals surface area (Å²) in [7, 11) is -3.73. The van der Waals surface area contributed by atoms with Crippen molar-refractivity contribution < 1.29 is 13.2 Å². The molecule has 1 amide bonds. The van der Waals surface area contributed by atoms with Gasteiger partial charge in [0.25, 0.3) is 5.91 Å². The molecule has 0 bridgehead atoms. The number of hydrogen-bond acceptors (Lipinski definition) is 4. The number of benzene rings is 2. The first-order valence-electron chi connectivity index (χ1n) is 11.2. The van der Waals surface area contributed by atoms with Gasteiger partial charge in [-0.1, -0.05) is 55.2 Å². The van der Waals surface area contributed by atoms with Crippen LogP contribution in [0.1, 0.15) is 48.3 Å². The maximum atomic E-state index is 13.3. The van der Waals surface area contributed by atoms with Crippen LogP contribution in [-0.4, -0.2) is 34.8 Å². The van der Waals surface area contributed by atoms with Crippen molar-refractivity contribution >= 4 is 38.9 Å². The molecule has 1 aromatic heterocycles. The first kappa shape index (κ1) is 24.8. The normalized spacial score (nSPS) is 13.9. The summed E-state index contributed by atoms with van der Waals surface area (Å²) in [4.78, 5) is 19.4. The van der Waals surface area contributed by atoms with Crippen LogP contribution in [0.2, 0.25) is 10.0 Å². The number of rotatable bonds is 9. The Kier molecular flexibility index (Phi) is 7.36. The van der Waals surface area contributed by atoms with Crippen molar-refractivity contribution in [3.63, 3.8) is 0 Å². The van der Waals surface area contributed by atoms with Crippen molar-refractivity contribution in [2.75, 3.05) is 0 Å². The number of amides is 1. The van der Waals surface area contributed by atoms with E-state index >= 15 is 0 Å². The van der Waals surface area contributed by atoms with E-state index in [4.69, 9.17) is 23.2 Å². The predicted molar refractivity (Wildman–Crippen MR) is 134 cm³/mol. The lowest BCUT2D eigenvalue weighted by Gasteiger charge is -2.24. The van der Waals surface area contributed by atoms with E-state index < -0.39 is 9.84 Å². The number of carbonyl (C=O) groups excluding carboxylic acids is 1. The van der Waals surface area contributed by atoms with Gasteiger partial charge >= 0.3 is 0 Å². The molecule has 3 aromatic rings. The zero-order valence-electron chi connectivity index (χ0n) is 19.1. The van der Waals surface area contributed by atoms with Gasteiger partial charge in [0.15, 0.2) is 0 Å². The molecule has 1 heterocycles. The Hall–Kier alpha value is -2.35. The van der Waals surface area contributed by atoms with E-state index in [2.05, 4.69) is 4.98 Å². The van der Waals surface area contributed by atoms with E-state index in [-0.39, 0.29) is 35.3 Å². The summed E-state index contributed by atoms with van der Waals surface area (Å²) in [6.45, 7) is 4.80. The Bertz CT molecular complexity index is 1300. The summed E-state index contributed by atoms with van der Waals surface area (Å²) in [5.74, 6) is -0.132. The largest absolute Gasteiger partial charge is 0.330 e. The standard InChI is InChI=1S/C25H27Cl2N3O3S/c1-17(2)14-30-23(13-28-25(30)34(32,33)16-18-5-3-7-20(26)11-18)15-29(22-9-10-22)24(31)19-6-4-8-21(27)12-19/h3-8,11-13,17,22H,9-10,14-16H2,1-2H3. The Labute approximate surface area is 210 Å². The molecule has 34 heavy (non-hydrogen) atoms. The SMILES string of the molecule is CC(C)Cn1c(CN(C(=O)c2cccc(Cl)c2)C2CC2)cnc1S(=O)(=O)Cc1cccc(Cl)c1.